The molecule has 2 rings (SSSR count). The van der Waals surface area contributed by atoms with Gasteiger partial charge in [-0.1, -0.05) is 29.6 Å². The van der Waals surface area contributed by atoms with E-state index in [4.69, 9.17) is 27.9 Å². The van der Waals surface area contributed by atoms with Gasteiger partial charge >= 0.3 is 0 Å². The van der Waals surface area contributed by atoms with Crippen LogP contribution in [0.3, 0.4) is 0 Å². The van der Waals surface area contributed by atoms with Crippen LogP contribution < -0.4 is 10.1 Å². The topological polar surface area (TPSA) is 21.3 Å². The fourth-order valence-electron chi connectivity index (χ4n) is 2.28. The Kier molecular flexibility index (Phi) is 4.55. The molecule has 0 spiro atoms. The predicted octanol–water partition coefficient (Wildman–Crippen LogP) is 3.69. The highest BCUT2D eigenvalue weighted by atomic mass is 35.5. The van der Waals surface area contributed by atoms with Crippen LogP contribution in [-0.2, 0) is 6.42 Å². The van der Waals surface area contributed by atoms with Crippen molar-refractivity contribution in [1.82, 2.24) is 5.32 Å². The summed E-state index contributed by atoms with van der Waals surface area (Å²) in [5.74, 6) is 0.657. The van der Waals surface area contributed by atoms with Crippen molar-refractivity contribution in [3.05, 3.63) is 27.7 Å². The van der Waals surface area contributed by atoms with E-state index in [2.05, 4.69) is 5.32 Å². The lowest BCUT2D eigenvalue weighted by Crippen LogP contribution is -2.35. The molecule has 1 saturated heterocycles. The van der Waals surface area contributed by atoms with E-state index >= 15 is 0 Å². The number of hydrogen-bond donors (Lipinski definition) is 1. The first kappa shape index (κ1) is 13.0. The molecule has 1 heterocycles. The van der Waals surface area contributed by atoms with E-state index in [0.717, 1.165) is 18.5 Å². The number of benzene rings is 1. The third kappa shape index (κ3) is 3.27. The Hall–Kier alpha value is -0.440. The van der Waals surface area contributed by atoms with Crippen molar-refractivity contribution >= 4 is 23.2 Å². The molecule has 1 atom stereocenters. The molecule has 0 radical (unpaired) electrons. The van der Waals surface area contributed by atoms with E-state index in [1.165, 1.54) is 19.3 Å². The SMILES string of the molecule is COc1cc(Cl)cc(CC2CCCCN2)c1Cl. The molecular weight excluding hydrogens is 257 g/mol. The molecule has 0 amide bonds. The highest BCUT2D eigenvalue weighted by molar-refractivity contribution is 6.34. The van der Waals surface area contributed by atoms with Gasteiger partial charge in [-0.3, -0.25) is 0 Å². The van der Waals surface area contributed by atoms with Gasteiger partial charge in [0.2, 0.25) is 0 Å². The van der Waals surface area contributed by atoms with E-state index in [0.29, 0.717) is 21.8 Å². The number of halogens is 2. The molecule has 17 heavy (non-hydrogen) atoms. The third-order valence-electron chi connectivity index (χ3n) is 3.18. The summed E-state index contributed by atoms with van der Waals surface area (Å²) in [6.07, 6.45) is 4.66. The smallest absolute Gasteiger partial charge is 0.139 e. The van der Waals surface area contributed by atoms with Crippen molar-refractivity contribution < 1.29 is 4.74 Å². The average Bonchev–Trinajstić information content (AvgIpc) is 2.34. The average molecular weight is 274 g/mol. The predicted molar refractivity (Wildman–Crippen MR) is 72.4 cm³/mol. The molecule has 0 aromatic heterocycles. The minimum absolute atomic E-state index is 0.504. The Morgan fingerprint density at radius 2 is 2.18 bits per heavy atom. The fraction of sp³-hybridized carbons (Fsp3) is 0.538. The van der Waals surface area contributed by atoms with Crippen LogP contribution in [0, 0.1) is 0 Å². The molecule has 94 valence electrons. The second-order valence-corrected chi connectivity index (χ2v) is 5.25. The molecule has 1 unspecified atom stereocenters. The molecule has 2 nitrogen and oxygen atoms in total. The van der Waals surface area contributed by atoms with Crippen molar-refractivity contribution in [2.75, 3.05) is 13.7 Å². The largest absolute Gasteiger partial charge is 0.495 e. The zero-order valence-electron chi connectivity index (χ0n) is 9.93. The maximum Gasteiger partial charge on any atom is 0.139 e. The van der Waals surface area contributed by atoms with Gasteiger partial charge < -0.3 is 10.1 Å². The van der Waals surface area contributed by atoms with Gasteiger partial charge in [0, 0.05) is 17.1 Å². The summed E-state index contributed by atoms with van der Waals surface area (Å²) in [5.41, 5.74) is 1.07. The van der Waals surface area contributed by atoms with E-state index in [-0.39, 0.29) is 0 Å². The molecule has 1 aromatic carbocycles. The number of rotatable bonds is 3. The Labute approximate surface area is 112 Å². The molecule has 4 heteroatoms. The van der Waals surface area contributed by atoms with Crippen LogP contribution in [0.25, 0.3) is 0 Å². The normalized spacial score (nSPS) is 20.3. The van der Waals surface area contributed by atoms with E-state index in [1.807, 2.05) is 6.07 Å². The van der Waals surface area contributed by atoms with Crippen LogP contribution in [0.5, 0.6) is 5.75 Å². The van der Waals surface area contributed by atoms with Gasteiger partial charge in [0.15, 0.2) is 0 Å². The summed E-state index contributed by atoms with van der Waals surface area (Å²) >= 11 is 12.3. The summed E-state index contributed by atoms with van der Waals surface area (Å²) in [6.45, 7) is 1.10. The molecule has 1 aliphatic rings. The van der Waals surface area contributed by atoms with Crippen molar-refractivity contribution in [3.63, 3.8) is 0 Å². The molecule has 0 bridgehead atoms. The lowest BCUT2D eigenvalue weighted by molar-refractivity contribution is 0.396. The van der Waals surface area contributed by atoms with Crippen LogP contribution in [0.4, 0.5) is 0 Å². The molecule has 1 fully saturated rings. The van der Waals surface area contributed by atoms with Gasteiger partial charge in [0.1, 0.15) is 5.75 Å². The van der Waals surface area contributed by atoms with Crippen LogP contribution in [0.2, 0.25) is 10.0 Å². The summed E-state index contributed by atoms with van der Waals surface area (Å²) in [6, 6.07) is 4.19. The quantitative estimate of drug-likeness (QED) is 0.907. The van der Waals surface area contributed by atoms with Crippen molar-refractivity contribution in [3.8, 4) is 5.75 Å². The highest BCUT2D eigenvalue weighted by Gasteiger charge is 2.16. The highest BCUT2D eigenvalue weighted by Crippen LogP contribution is 2.33. The van der Waals surface area contributed by atoms with Gasteiger partial charge in [0.05, 0.1) is 12.1 Å². The van der Waals surface area contributed by atoms with Crippen LogP contribution in [-0.4, -0.2) is 19.7 Å². The van der Waals surface area contributed by atoms with E-state index in [9.17, 15) is 0 Å². The van der Waals surface area contributed by atoms with Gasteiger partial charge in [0.25, 0.3) is 0 Å². The monoisotopic (exact) mass is 273 g/mol. The van der Waals surface area contributed by atoms with E-state index in [1.54, 1.807) is 13.2 Å². The first-order valence-corrected chi connectivity index (χ1v) is 6.71. The Morgan fingerprint density at radius 3 is 2.82 bits per heavy atom. The van der Waals surface area contributed by atoms with Gasteiger partial charge in [-0.25, -0.2) is 0 Å². The number of hydrogen-bond acceptors (Lipinski definition) is 2. The van der Waals surface area contributed by atoms with Crippen LogP contribution in [0.1, 0.15) is 24.8 Å². The zero-order valence-corrected chi connectivity index (χ0v) is 11.4. The van der Waals surface area contributed by atoms with Gasteiger partial charge in [-0.15, -0.1) is 0 Å². The number of methoxy groups -OCH3 is 1. The summed E-state index contributed by atoms with van der Waals surface area (Å²) in [5, 5.41) is 4.87. The third-order valence-corrected chi connectivity index (χ3v) is 3.83. The molecule has 1 N–H and O–H groups in total. The Morgan fingerprint density at radius 1 is 1.35 bits per heavy atom. The van der Waals surface area contributed by atoms with Crippen molar-refractivity contribution in [2.24, 2.45) is 0 Å². The number of piperidine rings is 1. The fourth-order valence-corrected chi connectivity index (χ4v) is 2.77. The van der Waals surface area contributed by atoms with Gasteiger partial charge in [-0.05, 0) is 37.4 Å². The van der Waals surface area contributed by atoms with Crippen molar-refractivity contribution in [2.45, 2.75) is 31.7 Å². The zero-order chi connectivity index (χ0) is 12.3. The summed E-state index contributed by atoms with van der Waals surface area (Å²) in [4.78, 5) is 0. The lowest BCUT2D eigenvalue weighted by atomic mass is 9.97. The standard InChI is InChI=1S/C13H17Cl2NO/c1-17-12-8-10(14)6-9(13(12)15)7-11-4-2-3-5-16-11/h6,8,11,16H,2-5,7H2,1H3. The number of nitrogens with one attached hydrogen (secondary N) is 1. The Balaban J connectivity index is 2.16. The lowest BCUT2D eigenvalue weighted by Gasteiger charge is -2.24. The molecular formula is C13H17Cl2NO. The first-order valence-electron chi connectivity index (χ1n) is 5.96. The van der Waals surface area contributed by atoms with Crippen LogP contribution in [0.15, 0.2) is 12.1 Å². The molecule has 1 aromatic rings. The molecule has 0 aliphatic carbocycles. The molecule has 0 saturated carbocycles. The minimum atomic E-state index is 0.504. The second-order valence-electron chi connectivity index (χ2n) is 4.43. The number of ether oxygens (including phenoxy) is 1. The summed E-state index contributed by atoms with van der Waals surface area (Å²) < 4.78 is 5.22. The van der Waals surface area contributed by atoms with Gasteiger partial charge in [-0.2, -0.15) is 0 Å². The van der Waals surface area contributed by atoms with Crippen molar-refractivity contribution in [1.29, 1.82) is 0 Å². The second kappa shape index (κ2) is 5.94. The first-order chi connectivity index (χ1) is 8.20. The summed E-state index contributed by atoms with van der Waals surface area (Å²) in [7, 11) is 1.61. The van der Waals surface area contributed by atoms with Crippen LogP contribution >= 0.6 is 23.2 Å². The molecule has 1 aliphatic heterocycles. The minimum Gasteiger partial charge on any atom is -0.495 e. The maximum atomic E-state index is 6.29. The maximum absolute atomic E-state index is 6.29. The van der Waals surface area contributed by atoms with E-state index < -0.39 is 0 Å². The Bertz CT molecular complexity index is 389.